The molecule has 0 atom stereocenters. The molecule has 0 aliphatic carbocycles. The molecule has 0 spiro atoms. The van der Waals surface area contributed by atoms with E-state index in [-0.39, 0.29) is 12.5 Å². The number of nitrogens with one attached hydrogen (secondary N) is 1. The highest BCUT2D eigenvalue weighted by atomic mass is 32.2. The molecule has 3 rings (SSSR count). The minimum Gasteiger partial charge on any atom is -0.324 e. The van der Waals surface area contributed by atoms with E-state index in [1.54, 1.807) is 13.1 Å². The number of hydrogen-bond donors (Lipinski definition) is 1. The van der Waals surface area contributed by atoms with Crippen LogP contribution < -0.4 is 11.0 Å². The van der Waals surface area contributed by atoms with Crippen molar-refractivity contribution >= 4 is 21.6 Å². The van der Waals surface area contributed by atoms with Crippen LogP contribution >= 0.6 is 0 Å². The van der Waals surface area contributed by atoms with Crippen LogP contribution in [0.4, 0.5) is 10.1 Å². The minimum absolute atomic E-state index is 0.0665. The van der Waals surface area contributed by atoms with E-state index in [4.69, 9.17) is 0 Å². The Labute approximate surface area is 161 Å². The van der Waals surface area contributed by atoms with Crippen LogP contribution in [0.15, 0.2) is 29.1 Å². The quantitative estimate of drug-likeness (QED) is 0.771. The molecule has 11 heteroatoms. The maximum atomic E-state index is 13.2. The zero-order valence-corrected chi connectivity index (χ0v) is 16.4. The molecule has 0 bridgehead atoms. The molecule has 1 saturated heterocycles. The van der Waals surface area contributed by atoms with Gasteiger partial charge < -0.3 is 5.32 Å². The molecule has 1 aliphatic rings. The lowest BCUT2D eigenvalue weighted by Crippen LogP contribution is -2.37. The zero-order valence-electron chi connectivity index (χ0n) is 15.6. The van der Waals surface area contributed by atoms with Gasteiger partial charge in [-0.3, -0.25) is 9.36 Å². The lowest BCUT2D eigenvalue weighted by atomic mass is 9.97. The monoisotopic (exact) mass is 411 g/mol. The Hall–Kier alpha value is -2.53. The second-order valence-corrected chi connectivity index (χ2v) is 8.83. The summed E-state index contributed by atoms with van der Waals surface area (Å²) in [6.45, 7) is 0.431. The largest absolute Gasteiger partial charge is 0.346 e. The summed E-state index contributed by atoms with van der Waals surface area (Å²) in [5, 5.41) is 6.81. The van der Waals surface area contributed by atoms with Crippen molar-refractivity contribution in [3.63, 3.8) is 0 Å². The Balaban J connectivity index is 1.70. The van der Waals surface area contributed by atoms with Gasteiger partial charge in [0.25, 0.3) is 0 Å². The molecule has 2 heterocycles. The van der Waals surface area contributed by atoms with Crippen LogP contribution in [-0.2, 0) is 28.4 Å². The van der Waals surface area contributed by atoms with E-state index in [9.17, 15) is 22.4 Å². The van der Waals surface area contributed by atoms with Gasteiger partial charge in [0.05, 0.1) is 6.26 Å². The number of benzene rings is 1. The number of nitrogens with zero attached hydrogens (tertiary/aromatic N) is 4. The number of sulfonamides is 1. The van der Waals surface area contributed by atoms with Crippen LogP contribution in [0.5, 0.6) is 0 Å². The van der Waals surface area contributed by atoms with Crippen LogP contribution in [0.1, 0.15) is 24.6 Å². The Bertz CT molecular complexity index is 1040. The van der Waals surface area contributed by atoms with E-state index in [1.165, 1.54) is 33.3 Å². The van der Waals surface area contributed by atoms with Crippen LogP contribution in [0.25, 0.3) is 0 Å². The Morgan fingerprint density at radius 3 is 2.61 bits per heavy atom. The average Bonchev–Trinajstić information content (AvgIpc) is 2.89. The smallest absolute Gasteiger partial charge is 0.324 e. The summed E-state index contributed by atoms with van der Waals surface area (Å²) in [6, 6.07) is 5.46. The standard InChI is InChI=1S/C17H22FN5O4S/c1-21-16(12-6-8-22(9-7-12)28(2,26)27)20-23(17(21)25)11-15(24)19-14-5-3-4-13(18)10-14/h3-5,10,12H,6-9,11H2,1-2H3,(H,19,24). The fraction of sp³-hybridized carbons (Fsp3) is 0.471. The predicted octanol–water partition coefficient (Wildman–Crippen LogP) is 0.499. The molecule has 0 saturated carbocycles. The third-order valence-corrected chi connectivity index (χ3v) is 6.07. The topological polar surface area (TPSA) is 106 Å². The number of rotatable bonds is 5. The normalized spacial score (nSPS) is 16.2. The van der Waals surface area contributed by atoms with Crippen molar-refractivity contribution in [3.8, 4) is 0 Å². The van der Waals surface area contributed by atoms with Gasteiger partial charge in [0.1, 0.15) is 18.2 Å². The molecule has 152 valence electrons. The van der Waals surface area contributed by atoms with Crippen LogP contribution in [-0.4, -0.2) is 52.3 Å². The van der Waals surface area contributed by atoms with Crippen molar-refractivity contribution in [1.82, 2.24) is 18.7 Å². The van der Waals surface area contributed by atoms with Crippen molar-refractivity contribution in [3.05, 3.63) is 46.4 Å². The molecule has 9 nitrogen and oxygen atoms in total. The molecule has 28 heavy (non-hydrogen) atoms. The molecule has 0 radical (unpaired) electrons. The number of anilines is 1. The number of carbonyl (C=O) groups is 1. The number of carbonyl (C=O) groups excluding carboxylic acids is 1. The summed E-state index contributed by atoms with van der Waals surface area (Å²) in [5.41, 5.74) is -0.141. The molecular formula is C17H22FN5O4S. The molecular weight excluding hydrogens is 389 g/mol. The predicted molar refractivity (Wildman–Crippen MR) is 101 cm³/mol. The zero-order chi connectivity index (χ0) is 20.5. The summed E-state index contributed by atoms with van der Waals surface area (Å²) < 4.78 is 40.3. The van der Waals surface area contributed by atoms with E-state index in [0.29, 0.717) is 37.4 Å². The fourth-order valence-electron chi connectivity index (χ4n) is 3.31. The second-order valence-electron chi connectivity index (χ2n) is 6.85. The number of hydrogen-bond acceptors (Lipinski definition) is 5. The van der Waals surface area contributed by atoms with Crippen molar-refractivity contribution in [1.29, 1.82) is 0 Å². The number of halogens is 1. The van der Waals surface area contributed by atoms with E-state index in [1.807, 2.05) is 0 Å². The summed E-state index contributed by atoms with van der Waals surface area (Å²) in [7, 11) is -1.66. The van der Waals surface area contributed by atoms with Crippen LogP contribution in [0.3, 0.4) is 0 Å². The highest BCUT2D eigenvalue weighted by molar-refractivity contribution is 7.88. The Morgan fingerprint density at radius 1 is 1.32 bits per heavy atom. The van der Waals surface area contributed by atoms with Crippen molar-refractivity contribution in [2.24, 2.45) is 7.05 Å². The first kappa shape index (κ1) is 20.2. The number of amides is 1. The molecule has 1 N–H and O–H groups in total. The summed E-state index contributed by atoms with van der Waals surface area (Å²) >= 11 is 0. The SMILES string of the molecule is Cn1c(C2CCN(S(C)(=O)=O)CC2)nn(CC(=O)Nc2cccc(F)c2)c1=O. The lowest BCUT2D eigenvalue weighted by Gasteiger charge is -2.29. The summed E-state index contributed by atoms with van der Waals surface area (Å²) in [5.74, 6) is -0.514. The third-order valence-electron chi connectivity index (χ3n) is 4.76. The van der Waals surface area contributed by atoms with E-state index in [2.05, 4.69) is 10.4 Å². The van der Waals surface area contributed by atoms with Gasteiger partial charge in [-0.15, -0.1) is 0 Å². The van der Waals surface area contributed by atoms with Gasteiger partial charge in [0.15, 0.2) is 0 Å². The number of piperidine rings is 1. The first-order valence-electron chi connectivity index (χ1n) is 8.79. The average molecular weight is 411 g/mol. The first-order chi connectivity index (χ1) is 13.1. The van der Waals surface area contributed by atoms with Gasteiger partial charge in [-0.05, 0) is 31.0 Å². The van der Waals surface area contributed by atoms with Gasteiger partial charge in [-0.25, -0.2) is 26.6 Å². The molecule has 0 unspecified atom stereocenters. The molecule has 1 aromatic heterocycles. The molecule has 1 aliphatic heterocycles. The van der Waals surface area contributed by atoms with Crippen LogP contribution in [0.2, 0.25) is 0 Å². The van der Waals surface area contributed by atoms with Gasteiger partial charge in [0.2, 0.25) is 15.9 Å². The molecule has 1 aromatic carbocycles. The van der Waals surface area contributed by atoms with E-state index in [0.717, 1.165) is 4.68 Å². The van der Waals surface area contributed by atoms with Gasteiger partial charge >= 0.3 is 5.69 Å². The lowest BCUT2D eigenvalue weighted by molar-refractivity contribution is -0.117. The Morgan fingerprint density at radius 2 is 2.00 bits per heavy atom. The maximum Gasteiger partial charge on any atom is 0.346 e. The van der Waals surface area contributed by atoms with E-state index < -0.39 is 27.4 Å². The van der Waals surface area contributed by atoms with Gasteiger partial charge in [-0.2, -0.15) is 5.10 Å². The maximum absolute atomic E-state index is 13.2. The Kier molecular flexibility index (Phi) is 5.66. The van der Waals surface area contributed by atoms with Crippen molar-refractivity contribution in [2.75, 3.05) is 24.7 Å². The molecule has 1 amide bonds. The second kappa shape index (κ2) is 7.84. The van der Waals surface area contributed by atoms with Crippen molar-refractivity contribution < 1.29 is 17.6 Å². The number of aromatic nitrogens is 3. The van der Waals surface area contributed by atoms with Gasteiger partial charge in [-0.1, -0.05) is 6.07 Å². The highest BCUT2D eigenvalue weighted by Gasteiger charge is 2.29. The first-order valence-corrected chi connectivity index (χ1v) is 10.6. The summed E-state index contributed by atoms with van der Waals surface area (Å²) in [6.07, 6.45) is 2.27. The molecule has 1 fully saturated rings. The van der Waals surface area contributed by atoms with E-state index >= 15 is 0 Å². The highest BCUT2D eigenvalue weighted by Crippen LogP contribution is 2.26. The molecule has 2 aromatic rings. The van der Waals surface area contributed by atoms with Crippen molar-refractivity contribution in [2.45, 2.75) is 25.3 Å². The summed E-state index contributed by atoms with van der Waals surface area (Å²) in [4.78, 5) is 24.6. The minimum atomic E-state index is -3.23. The fourth-order valence-corrected chi connectivity index (χ4v) is 4.19. The van der Waals surface area contributed by atoms with Crippen LogP contribution in [0, 0.1) is 5.82 Å². The third kappa shape index (κ3) is 4.47. The van der Waals surface area contributed by atoms with Gasteiger partial charge in [0, 0.05) is 31.7 Å².